The largest absolute Gasteiger partial charge is 0.388 e. The van der Waals surface area contributed by atoms with E-state index in [-0.39, 0.29) is 6.10 Å². The number of pyridine rings is 1. The van der Waals surface area contributed by atoms with Gasteiger partial charge in [-0.25, -0.2) is 0 Å². The number of hydrogen-bond donors (Lipinski definition) is 1. The second-order valence-corrected chi connectivity index (χ2v) is 4.22. The first-order valence-electron chi connectivity index (χ1n) is 5.77. The van der Waals surface area contributed by atoms with Gasteiger partial charge in [-0.3, -0.25) is 4.98 Å². The standard InChI is InChI=1S/C14H17NO2/c1-10(17-2)9-13(16)12-7-3-5-11-6-4-8-15-14(11)12/h3-8,10,13,16H,9H2,1-2H3. The molecule has 2 rings (SSSR count). The highest BCUT2D eigenvalue weighted by Crippen LogP contribution is 2.25. The summed E-state index contributed by atoms with van der Waals surface area (Å²) < 4.78 is 5.17. The molecule has 0 aliphatic rings. The van der Waals surface area contributed by atoms with Crippen LogP contribution in [0.2, 0.25) is 0 Å². The third-order valence-electron chi connectivity index (χ3n) is 2.98. The van der Waals surface area contributed by atoms with Gasteiger partial charge in [0.15, 0.2) is 0 Å². The Balaban J connectivity index is 2.34. The predicted molar refractivity (Wildman–Crippen MR) is 67.8 cm³/mol. The van der Waals surface area contributed by atoms with Gasteiger partial charge in [0.1, 0.15) is 0 Å². The Labute approximate surface area is 101 Å². The molecule has 2 aromatic rings. The first kappa shape index (κ1) is 12.0. The Hall–Kier alpha value is -1.45. The average Bonchev–Trinajstić information content (AvgIpc) is 2.37. The third kappa shape index (κ3) is 2.62. The van der Waals surface area contributed by atoms with Crippen LogP contribution >= 0.6 is 0 Å². The molecule has 0 saturated heterocycles. The quantitative estimate of drug-likeness (QED) is 0.879. The zero-order valence-electron chi connectivity index (χ0n) is 10.1. The lowest BCUT2D eigenvalue weighted by molar-refractivity contribution is 0.0565. The van der Waals surface area contributed by atoms with E-state index < -0.39 is 6.10 Å². The number of rotatable bonds is 4. The van der Waals surface area contributed by atoms with Gasteiger partial charge in [0.25, 0.3) is 0 Å². The lowest BCUT2D eigenvalue weighted by atomic mass is 10.0. The summed E-state index contributed by atoms with van der Waals surface area (Å²) in [7, 11) is 1.65. The first-order valence-corrected chi connectivity index (χ1v) is 5.77. The number of nitrogens with zero attached hydrogens (tertiary/aromatic N) is 1. The van der Waals surface area contributed by atoms with Crippen LogP contribution in [0.1, 0.15) is 25.0 Å². The maximum absolute atomic E-state index is 10.2. The molecule has 1 aromatic carbocycles. The maximum atomic E-state index is 10.2. The van der Waals surface area contributed by atoms with Crippen molar-refractivity contribution >= 4 is 10.9 Å². The molecule has 90 valence electrons. The van der Waals surface area contributed by atoms with E-state index in [0.29, 0.717) is 6.42 Å². The molecule has 17 heavy (non-hydrogen) atoms. The van der Waals surface area contributed by atoms with Crippen LogP contribution in [0, 0.1) is 0 Å². The van der Waals surface area contributed by atoms with Gasteiger partial charge in [-0.2, -0.15) is 0 Å². The highest BCUT2D eigenvalue weighted by molar-refractivity contribution is 5.81. The van der Waals surface area contributed by atoms with Crippen molar-refractivity contribution in [3.05, 3.63) is 42.1 Å². The molecule has 0 aliphatic carbocycles. The zero-order valence-corrected chi connectivity index (χ0v) is 10.1. The fourth-order valence-electron chi connectivity index (χ4n) is 1.93. The molecular weight excluding hydrogens is 214 g/mol. The van der Waals surface area contributed by atoms with E-state index in [9.17, 15) is 5.11 Å². The van der Waals surface area contributed by atoms with Gasteiger partial charge in [-0.15, -0.1) is 0 Å². The van der Waals surface area contributed by atoms with Crippen molar-refractivity contribution in [2.24, 2.45) is 0 Å². The molecule has 0 saturated carbocycles. The second kappa shape index (κ2) is 5.25. The van der Waals surface area contributed by atoms with Gasteiger partial charge in [0.2, 0.25) is 0 Å². The van der Waals surface area contributed by atoms with Gasteiger partial charge in [-0.1, -0.05) is 24.3 Å². The summed E-state index contributed by atoms with van der Waals surface area (Å²) in [6, 6.07) is 9.76. The van der Waals surface area contributed by atoms with Gasteiger partial charge in [0.05, 0.1) is 17.7 Å². The van der Waals surface area contributed by atoms with Crippen LogP contribution in [-0.2, 0) is 4.74 Å². The van der Waals surface area contributed by atoms with Crippen molar-refractivity contribution in [3.63, 3.8) is 0 Å². The van der Waals surface area contributed by atoms with Crippen molar-refractivity contribution in [1.82, 2.24) is 4.98 Å². The first-order chi connectivity index (χ1) is 8.22. The predicted octanol–water partition coefficient (Wildman–Crippen LogP) is 2.69. The minimum atomic E-state index is -0.538. The van der Waals surface area contributed by atoms with Crippen molar-refractivity contribution in [2.75, 3.05) is 7.11 Å². The Morgan fingerprint density at radius 2 is 2.06 bits per heavy atom. The van der Waals surface area contributed by atoms with Crippen LogP contribution in [0.5, 0.6) is 0 Å². The number of ether oxygens (including phenoxy) is 1. The molecule has 3 nitrogen and oxygen atoms in total. The molecule has 0 spiro atoms. The second-order valence-electron chi connectivity index (χ2n) is 4.22. The summed E-state index contributed by atoms with van der Waals surface area (Å²) in [4.78, 5) is 4.33. The molecule has 0 bridgehead atoms. The fourth-order valence-corrected chi connectivity index (χ4v) is 1.93. The van der Waals surface area contributed by atoms with Crippen molar-refractivity contribution in [1.29, 1.82) is 0 Å². The molecule has 1 aromatic heterocycles. The topological polar surface area (TPSA) is 42.4 Å². The maximum Gasteiger partial charge on any atom is 0.0835 e. The number of aliphatic hydroxyl groups excluding tert-OH is 1. The minimum absolute atomic E-state index is 0.0315. The van der Waals surface area contributed by atoms with Crippen LogP contribution in [0.15, 0.2) is 36.5 Å². The fraction of sp³-hybridized carbons (Fsp3) is 0.357. The van der Waals surface area contributed by atoms with E-state index >= 15 is 0 Å². The summed E-state index contributed by atoms with van der Waals surface area (Å²) >= 11 is 0. The summed E-state index contributed by atoms with van der Waals surface area (Å²) in [6.07, 6.45) is 1.82. The van der Waals surface area contributed by atoms with E-state index in [4.69, 9.17) is 4.74 Å². The van der Waals surface area contributed by atoms with Gasteiger partial charge < -0.3 is 9.84 Å². The molecule has 3 heteroatoms. The van der Waals surface area contributed by atoms with Gasteiger partial charge >= 0.3 is 0 Å². The average molecular weight is 231 g/mol. The molecule has 0 radical (unpaired) electrons. The lowest BCUT2D eigenvalue weighted by Crippen LogP contribution is -2.11. The number of hydrogen-bond acceptors (Lipinski definition) is 3. The van der Waals surface area contributed by atoms with Gasteiger partial charge in [-0.05, 0) is 13.0 Å². The monoisotopic (exact) mass is 231 g/mol. The number of para-hydroxylation sites is 1. The number of aliphatic hydroxyl groups is 1. The zero-order chi connectivity index (χ0) is 12.3. The molecule has 1 heterocycles. The Bertz CT molecular complexity index is 493. The van der Waals surface area contributed by atoms with Crippen LogP contribution in [0.25, 0.3) is 10.9 Å². The summed E-state index contributed by atoms with van der Waals surface area (Å²) in [5, 5.41) is 11.3. The van der Waals surface area contributed by atoms with Crippen LogP contribution in [-0.4, -0.2) is 23.3 Å². The molecule has 0 amide bonds. The van der Waals surface area contributed by atoms with E-state index in [1.54, 1.807) is 13.3 Å². The van der Waals surface area contributed by atoms with E-state index in [0.717, 1.165) is 16.5 Å². The lowest BCUT2D eigenvalue weighted by Gasteiger charge is -2.16. The van der Waals surface area contributed by atoms with E-state index in [1.807, 2.05) is 37.3 Å². The van der Waals surface area contributed by atoms with E-state index in [2.05, 4.69) is 4.98 Å². The Kier molecular flexibility index (Phi) is 3.71. The smallest absolute Gasteiger partial charge is 0.0835 e. The van der Waals surface area contributed by atoms with Gasteiger partial charge in [0, 0.05) is 30.7 Å². The van der Waals surface area contributed by atoms with Crippen molar-refractivity contribution < 1.29 is 9.84 Å². The number of fused-ring (bicyclic) bond motifs is 1. The minimum Gasteiger partial charge on any atom is -0.388 e. The number of methoxy groups -OCH3 is 1. The molecular formula is C14H17NO2. The molecule has 1 N–H and O–H groups in total. The molecule has 0 fully saturated rings. The van der Waals surface area contributed by atoms with Crippen LogP contribution in [0.4, 0.5) is 0 Å². The normalized spacial score (nSPS) is 14.8. The van der Waals surface area contributed by atoms with Crippen molar-refractivity contribution in [3.8, 4) is 0 Å². The SMILES string of the molecule is COC(C)CC(O)c1cccc2cccnc12. The third-order valence-corrected chi connectivity index (χ3v) is 2.98. The van der Waals surface area contributed by atoms with Crippen LogP contribution in [0.3, 0.4) is 0 Å². The van der Waals surface area contributed by atoms with E-state index in [1.165, 1.54) is 0 Å². The highest BCUT2D eigenvalue weighted by Gasteiger charge is 2.14. The summed E-state index contributed by atoms with van der Waals surface area (Å²) in [5.41, 5.74) is 1.73. The summed E-state index contributed by atoms with van der Waals surface area (Å²) in [5.74, 6) is 0. The number of benzene rings is 1. The molecule has 0 aliphatic heterocycles. The molecule has 2 unspecified atom stereocenters. The molecule has 2 atom stereocenters. The summed E-state index contributed by atoms with van der Waals surface area (Å²) in [6.45, 7) is 1.95. The Morgan fingerprint density at radius 1 is 1.29 bits per heavy atom. The van der Waals surface area contributed by atoms with Crippen LogP contribution < -0.4 is 0 Å². The highest BCUT2D eigenvalue weighted by atomic mass is 16.5. The van der Waals surface area contributed by atoms with Crippen molar-refractivity contribution in [2.45, 2.75) is 25.6 Å². The Morgan fingerprint density at radius 3 is 2.82 bits per heavy atom. The number of aromatic nitrogens is 1.